The Morgan fingerprint density at radius 3 is 2.45 bits per heavy atom. The molecule has 0 aromatic heterocycles. The fourth-order valence-corrected chi connectivity index (χ4v) is 2.46. The Kier molecular flexibility index (Phi) is 5.47. The van der Waals surface area contributed by atoms with Gasteiger partial charge in [0.05, 0.1) is 12.2 Å². The second kappa shape index (κ2) is 7.33. The number of benzene rings is 1. The van der Waals surface area contributed by atoms with Gasteiger partial charge in [-0.2, -0.15) is 0 Å². The molecule has 1 aromatic rings. The number of nitrogens with one attached hydrogen (secondary N) is 1. The summed E-state index contributed by atoms with van der Waals surface area (Å²) in [5.74, 6) is -1.48. The molecule has 0 atom stereocenters. The predicted molar refractivity (Wildman–Crippen MR) is 74.5 cm³/mol. The first-order valence-electron chi connectivity index (χ1n) is 7.12. The van der Waals surface area contributed by atoms with Crippen LogP contribution in [-0.4, -0.2) is 30.4 Å². The highest BCUT2D eigenvalue weighted by Crippen LogP contribution is 2.15. The zero-order valence-electron chi connectivity index (χ0n) is 11.5. The lowest BCUT2D eigenvalue weighted by Crippen LogP contribution is -2.35. The van der Waals surface area contributed by atoms with Gasteiger partial charge in [0.2, 0.25) is 5.91 Å². The minimum atomic E-state index is -0.618. The third-order valence-electron chi connectivity index (χ3n) is 3.52. The number of carbonyl (C=O) groups excluding carboxylic acids is 1. The third-order valence-corrected chi connectivity index (χ3v) is 3.52. The smallest absolute Gasteiger partial charge is 0.238 e. The monoisotopic (exact) mass is 282 g/mol. The molecular weight excluding hydrogens is 262 g/mol. The van der Waals surface area contributed by atoms with Crippen molar-refractivity contribution in [2.45, 2.75) is 32.1 Å². The molecule has 1 aliphatic heterocycles. The molecule has 1 fully saturated rings. The van der Waals surface area contributed by atoms with Crippen molar-refractivity contribution < 1.29 is 13.6 Å². The van der Waals surface area contributed by atoms with Crippen molar-refractivity contribution in [1.82, 2.24) is 4.90 Å². The number of carbonyl (C=O) groups is 1. The molecule has 0 radical (unpaired) electrons. The van der Waals surface area contributed by atoms with E-state index in [1.165, 1.54) is 19.3 Å². The van der Waals surface area contributed by atoms with Crippen LogP contribution in [0.4, 0.5) is 14.5 Å². The zero-order chi connectivity index (χ0) is 14.4. The van der Waals surface area contributed by atoms with Crippen molar-refractivity contribution in [3.63, 3.8) is 0 Å². The van der Waals surface area contributed by atoms with Crippen molar-refractivity contribution in [1.29, 1.82) is 0 Å². The van der Waals surface area contributed by atoms with Crippen molar-refractivity contribution >= 4 is 11.6 Å². The number of nitrogens with zero attached hydrogens (tertiary/aromatic N) is 1. The fraction of sp³-hybridized carbons (Fsp3) is 0.533. The highest BCUT2D eigenvalue weighted by atomic mass is 19.1. The topological polar surface area (TPSA) is 32.3 Å². The van der Waals surface area contributed by atoms with Crippen LogP contribution >= 0.6 is 0 Å². The van der Waals surface area contributed by atoms with Crippen molar-refractivity contribution in [2.75, 3.05) is 25.0 Å². The third kappa shape index (κ3) is 4.56. The molecule has 3 nitrogen and oxygen atoms in total. The van der Waals surface area contributed by atoms with E-state index in [2.05, 4.69) is 10.2 Å². The number of anilines is 1. The van der Waals surface area contributed by atoms with Crippen molar-refractivity contribution in [2.24, 2.45) is 0 Å². The maximum Gasteiger partial charge on any atom is 0.238 e. The number of hydrogen-bond acceptors (Lipinski definition) is 2. The number of likely N-dealkylation sites (tertiary alicyclic amines) is 1. The quantitative estimate of drug-likeness (QED) is 0.923. The van der Waals surface area contributed by atoms with E-state index in [0.29, 0.717) is 0 Å². The molecule has 0 unspecified atom stereocenters. The summed E-state index contributed by atoms with van der Waals surface area (Å²) in [6.45, 7) is 2.01. The largest absolute Gasteiger partial charge is 0.322 e. The first-order valence-corrected chi connectivity index (χ1v) is 7.12. The van der Waals surface area contributed by atoms with Gasteiger partial charge < -0.3 is 5.32 Å². The Bertz CT molecular complexity index is 457. The van der Waals surface area contributed by atoms with E-state index in [1.54, 1.807) is 0 Å². The summed E-state index contributed by atoms with van der Waals surface area (Å²) >= 11 is 0. The predicted octanol–water partition coefficient (Wildman–Crippen LogP) is 3.17. The fourth-order valence-electron chi connectivity index (χ4n) is 2.46. The summed E-state index contributed by atoms with van der Waals surface area (Å²) in [7, 11) is 0. The average molecular weight is 282 g/mol. The lowest BCUT2D eigenvalue weighted by atomic mass is 10.1. The summed E-state index contributed by atoms with van der Waals surface area (Å²) in [6.07, 6.45) is 5.81. The van der Waals surface area contributed by atoms with Crippen LogP contribution in [0.3, 0.4) is 0 Å². The highest BCUT2D eigenvalue weighted by molar-refractivity contribution is 5.92. The summed E-state index contributed by atoms with van der Waals surface area (Å²) < 4.78 is 26.5. The first-order chi connectivity index (χ1) is 9.65. The van der Waals surface area contributed by atoms with E-state index in [4.69, 9.17) is 0 Å². The lowest BCUT2D eigenvalue weighted by molar-refractivity contribution is -0.117. The number of amides is 1. The molecule has 0 saturated carbocycles. The average Bonchev–Trinajstić information content (AvgIpc) is 2.37. The summed E-state index contributed by atoms with van der Waals surface area (Å²) in [6, 6.07) is 3.05. The van der Waals surface area contributed by atoms with Gasteiger partial charge in [0.1, 0.15) is 11.6 Å². The Balaban J connectivity index is 1.89. The van der Waals surface area contributed by atoms with E-state index in [1.807, 2.05) is 0 Å². The molecule has 1 aromatic carbocycles. The van der Waals surface area contributed by atoms with Crippen LogP contribution < -0.4 is 5.32 Å². The van der Waals surface area contributed by atoms with Gasteiger partial charge in [-0.05, 0) is 38.1 Å². The molecule has 2 rings (SSSR count). The van der Waals surface area contributed by atoms with E-state index < -0.39 is 11.6 Å². The molecule has 5 heteroatoms. The zero-order valence-corrected chi connectivity index (χ0v) is 11.5. The van der Waals surface area contributed by atoms with Crippen LogP contribution in [0.5, 0.6) is 0 Å². The van der Waals surface area contributed by atoms with Gasteiger partial charge in [0, 0.05) is 6.07 Å². The number of halogens is 2. The van der Waals surface area contributed by atoms with Crippen LogP contribution in [-0.2, 0) is 4.79 Å². The van der Waals surface area contributed by atoms with E-state index in [0.717, 1.165) is 44.1 Å². The van der Waals surface area contributed by atoms with Gasteiger partial charge >= 0.3 is 0 Å². The molecule has 1 aliphatic rings. The molecule has 0 spiro atoms. The highest BCUT2D eigenvalue weighted by Gasteiger charge is 2.14. The van der Waals surface area contributed by atoms with Gasteiger partial charge in [-0.15, -0.1) is 0 Å². The summed E-state index contributed by atoms with van der Waals surface area (Å²) in [5, 5.41) is 2.44. The lowest BCUT2D eigenvalue weighted by Gasteiger charge is -2.23. The molecule has 1 saturated heterocycles. The summed E-state index contributed by atoms with van der Waals surface area (Å²) in [4.78, 5) is 14.0. The van der Waals surface area contributed by atoms with Crippen LogP contribution in [0.15, 0.2) is 18.2 Å². The second-order valence-corrected chi connectivity index (χ2v) is 5.22. The Labute approximate surface area is 118 Å². The van der Waals surface area contributed by atoms with Crippen LogP contribution in [0.25, 0.3) is 0 Å². The first kappa shape index (κ1) is 14.9. The van der Waals surface area contributed by atoms with E-state index in [9.17, 15) is 13.6 Å². The maximum atomic E-state index is 13.4. The molecule has 1 N–H and O–H groups in total. The molecule has 0 aliphatic carbocycles. The van der Waals surface area contributed by atoms with Gasteiger partial charge in [0.15, 0.2) is 0 Å². The SMILES string of the molecule is O=C(CN1CCCCCCC1)Nc1cc(F)ccc1F. The Morgan fingerprint density at radius 1 is 1.10 bits per heavy atom. The molecular formula is C15H20F2N2O. The normalized spacial score (nSPS) is 17.3. The molecule has 1 heterocycles. The molecule has 0 bridgehead atoms. The van der Waals surface area contributed by atoms with Gasteiger partial charge in [-0.1, -0.05) is 19.3 Å². The van der Waals surface area contributed by atoms with E-state index in [-0.39, 0.29) is 18.1 Å². The van der Waals surface area contributed by atoms with Gasteiger partial charge in [-0.3, -0.25) is 9.69 Å². The van der Waals surface area contributed by atoms with Crippen molar-refractivity contribution in [3.8, 4) is 0 Å². The van der Waals surface area contributed by atoms with Crippen LogP contribution in [0.2, 0.25) is 0 Å². The number of hydrogen-bond donors (Lipinski definition) is 1. The standard InChI is InChI=1S/C15H20F2N2O/c16-12-6-7-13(17)14(10-12)18-15(20)11-19-8-4-2-1-3-5-9-19/h6-7,10H,1-5,8-9,11H2,(H,18,20). The van der Waals surface area contributed by atoms with Crippen molar-refractivity contribution in [3.05, 3.63) is 29.8 Å². The Morgan fingerprint density at radius 2 is 1.75 bits per heavy atom. The molecule has 110 valence electrons. The van der Waals surface area contributed by atoms with Gasteiger partial charge in [0.25, 0.3) is 0 Å². The minimum Gasteiger partial charge on any atom is -0.322 e. The van der Waals surface area contributed by atoms with Gasteiger partial charge in [-0.25, -0.2) is 8.78 Å². The van der Waals surface area contributed by atoms with E-state index >= 15 is 0 Å². The number of rotatable bonds is 3. The Hall–Kier alpha value is -1.49. The van der Waals surface area contributed by atoms with Crippen LogP contribution in [0.1, 0.15) is 32.1 Å². The molecule has 20 heavy (non-hydrogen) atoms. The summed E-state index contributed by atoms with van der Waals surface area (Å²) in [5.41, 5.74) is -0.0953. The van der Waals surface area contributed by atoms with Crippen LogP contribution in [0, 0.1) is 11.6 Å². The maximum absolute atomic E-state index is 13.4. The second-order valence-electron chi connectivity index (χ2n) is 5.22. The molecule has 1 amide bonds. The minimum absolute atomic E-state index is 0.0953.